The van der Waals surface area contributed by atoms with E-state index in [9.17, 15) is 9.59 Å². The molecule has 2 bridgehead atoms. The number of nitrogens with zero attached hydrogens (tertiary/aromatic N) is 2. The largest absolute Gasteiger partial charge is 0.346 e. The lowest BCUT2D eigenvalue weighted by atomic mass is 9.95. The maximum atomic E-state index is 12.6. The highest BCUT2D eigenvalue weighted by Gasteiger charge is 2.39. The fraction of sp³-hybridized carbons (Fsp3) is 0.500. The third kappa shape index (κ3) is 2.62. The van der Waals surface area contributed by atoms with Gasteiger partial charge in [0.15, 0.2) is 0 Å². The van der Waals surface area contributed by atoms with Gasteiger partial charge in [-0.15, -0.1) is 11.3 Å². The molecule has 0 aliphatic carbocycles. The van der Waals surface area contributed by atoms with Gasteiger partial charge in [0.2, 0.25) is 0 Å². The molecule has 3 saturated heterocycles. The van der Waals surface area contributed by atoms with Crippen LogP contribution in [-0.2, 0) is 0 Å². The number of nitrogens with one attached hydrogen (secondary N) is 2. The molecule has 25 heavy (non-hydrogen) atoms. The summed E-state index contributed by atoms with van der Waals surface area (Å²) >= 11 is 1.45. The standard InChI is InChI=1S/C18H20N4O2S/c23-17(21-13-8-11-2-3-12(13)20-11)14-6-10-7-15(25-16(10)9-19-14)18(24)22-4-1-5-22/h6-7,9,11-13,20H,1-5,8H2,(H,21,23)/t11-,12+,13-/m1/s1. The van der Waals surface area contributed by atoms with Crippen molar-refractivity contribution < 1.29 is 9.59 Å². The van der Waals surface area contributed by atoms with Crippen molar-refractivity contribution in [1.29, 1.82) is 0 Å². The zero-order valence-electron chi connectivity index (χ0n) is 13.8. The molecule has 2 amide bonds. The van der Waals surface area contributed by atoms with Gasteiger partial charge in [-0.1, -0.05) is 0 Å². The molecule has 3 aliphatic heterocycles. The van der Waals surface area contributed by atoms with Crippen LogP contribution in [0.25, 0.3) is 10.1 Å². The van der Waals surface area contributed by atoms with E-state index in [1.165, 1.54) is 17.8 Å². The minimum absolute atomic E-state index is 0.0894. The number of pyridine rings is 1. The summed E-state index contributed by atoms with van der Waals surface area (Å²) in [5.74, 6) is -0.0328. The van der Waals surface area contributed by atoms with Crippen LogP contribution in [0.1, 0.15) is 45.8 Å². The number of hydrogen-bond acceptors (Lipinski definition) is 5. The van der Waals surface area contributed by atoms with Crippen molar-refractivity contribution in [2.24, 2.45) is 0 Å². The Balaban J connectivity index is 1.34. The van der Waals surface area contributed by atoms with Gasteiger partial charge in [0.25, 0.3) is 11.8 Å². The van der Waals surface area contributed by atoms with Crippen molar-refractivity contribution in [3.63, 3.8) is 0 Å². The predicted molar refractivity (Wildman–Crippen MR) is 96.0 cm³/mol. The molecule has 6 nitrogen and oxygen atoms in total. The van der Waals surface area contributed by atoms with Crippen molar-refractivity contribution in [2.45, 2.75) is 43.8 Å². The normalized spacial score (nSPS) is 27.5. The molecule has 0 saturated carbocycles. The Labute approximate surface area is 149 Å². The van der Waals surface area contributed by atoms with Crippen molar-refractivity contribution >= 4 is 33.2 Å². The number of likely N-dealkylation sites (tertiary alicyclic amines) is 1. The second-order valence-electron chi connectivity index (χ2n) is 7.23. The van der Waals surface area contributed by atoms with E-state index in [2.05, 4.69) is 15.6 Å². The van der Waals surface area contributed by atoms with Gasteiger partial charge in [-0.25, -0.2) is 4.98 Å². The number of thiophene rings is 1. The maximum Gasteiger partial charge on any atom is 0.270 e. The fourth-order valence-electron chi connectivity index (χ4n) is 4.08. The number of aromatic nitrogens is 1. The number of amides is 2. The zero-order valence-corrected chi connectivity index (χ0v) is 14.6. The number of fused-ring (bicyclic) bond motifs is 3. The molecule has 2 N–H and O–H groups in total. The highest BCUT2D eigenvalue weighted by molar-refractivity contribution is 7.20. The van der Waals surface area contributed by atoms with E-state index < -0.39 is 0 Å². The van der Waals surface area contributed by atoms with Crippen LogP contribution < -0.4 is 10.6 Å². The van der Waals surface area contributed by atoms with Gasteiger partial charge in [-0.3, -0.25) is 9.59 Å². The molecule has 2 aromatic rings. The fourth-order valence-corrected chi connectivity index (χ4v) is 5.06. The predicted octanol–water partition coefficient (Wildman–Crippen LogP) is 1.76. The number of carbonyl (C=O) groups is 2. The third-order valence-corrected chi connectivity index (χ3v) is 6.68. The van der Waals surface area contributed by atoms with Crippen LogP contribution in [0.2, 0.25) is 0 Å². The van der Waals surface area contributed by atoms with Crippen LogP contribution in [0.4, 0.5) is 0 Å². The minimum atomic E-state index is -0.122. The first kappa shape index (κ1) is 15.3. The first-order chi connectivity index (χ1) is 12.2. The van der Waals surface area contributed by atoms with E-state index in [0.717, 1.165) is 47.3 Å². The van der Waals surface area contributed by atoms with Crippen molar-refractivity contribution in [3.8, 4) is 0 Å². The third-order valence-electron chi connectivity index (χ3n) is 5.61. The Morgan fingerprint density at radius 3 is 2.84 bits per heavy atom. The molecule has 2 aromatic heterocycles. The summed E-state index contributed by atoms with van der Waals surface area (Å²) in [5.41, 5.74) is 0.427. The number of rotatable bonds is 3. The second kappa shape index (κ2) is 5.78. The molecule has 0 aromatic carbocycles. The van der Waals surface area contributed by atoms with Crippen molar-refractivity contribution in [3.05, 3.63) is 28.9 Å². The average Bonchev–Trinajstić information content (AvgIpc) is 3.27. The molecule has 7 heteroatoms. The molecule has 3 aliphatic rings. The van der Waals surface area contributed by atoms with Crippen LogP contribution in [0.3, 0.4) is 0 Å². The molecule has 3 atom stereocenters. The molecule has 0 spiro atoms. The van der Waals surface area contributed by atoms with Crippen LogP contribution in [-0.4, -0.2) is 52.9 Å². The lowest BCUT2D eigenvalue weighted by molar-refractivity contribution is 0.0657. The van der Waals surface area contributed by atoms with Gasteiger partial charge in [0.05, 0.1) is 9.58 Å². The summed E-state index contributed by atoms with van der Waals surface area (Å²) in [6.45, 7) is 1.69. The van der Waals surface area contributed by atoms with Crippen LogP contribution in [0.5, 0.6) is 0 Å². The van der Waals surface area contributed by atoms with E-state index in [1.807, 2.05) is 11.0 Å². The van der Waals surface area contributed by atoms with Crippen molar-refractivity contribution in [1.82, 2.24) is 20.5 Å². The van der Waals surface area contributed by atoms with Gasteiger partial charge in [0.1, 0.15) is 5.69 Å². The van der Waals surface area contributed by atoms with Gasteiger partial charge in [-0.2, -0.15) is 0 Å². The van der Waals surface area contributed by atoms with E-state index in [0.29, 0.717) is 17.8 Å². The Morgan fingerprint density at radius 2 is 2.16 bits per heavy atom. The summed E-state index contributed by atoms with van der Waals surface area (Å²) in [7, 11) is 0. The molecule has 3 fully saturated rings. The molecule has 0 unspecified atom stereocenters. The van der Waals surface area contributed by atoms with Crippen molar-refractivity contribution in [2.75, 3.05) is 13.1 Å². The highest BCUT2D eigenvalue weighted by atomic mass is 32.1. The number of hydrogen-bond donors (Lipinski definition) is 2. The summed E-state index contributed by atoms with van der Waals surface area (Å²) in [5, 5.41) is 7.56. The SMILES string of the molecule is O=C(N[C@@H]1C[C@H]2CC[C@@H]1N2)c1cc2cc(C(=O)N3CCC3)sc2cn1. The first-order valence-electron chi connectivity index (χ1n) is 8.93. The molecule has 0 radical (unpaired) electrons. The Hall–Kier alpha value is -1.99. The zero-order chi connectivity index (χ0) is 17.0. The van der Waals surface area contributed by atoms with Gasteiger partial charge in [0, 0.05) is 37.4 Å². The molecule has 5 heterocycles. The minimum Gasteiger partial charge on any atom is -0.346 e. The Bertz CT molecular complexity index is 860. The summed E-state index contributed by atoms with van der Waals surface area (Å²) in [6, 6.07) is 4.85. The van der Waals surface area contributed by atoms with E-state index in [-0.39, 0.29) is 17.9 Å². The Kier molecular flexibility index (Phi) is 3.53. The number of carbonyl (C=O) groups excluding carboxylic acids is 2. The summed E-state index contributed by atoms with van der Waals surface area (Å²) in [6.07, 6.45) is 6.14. The molecular formula is C18H20N4O2S. The first-order valence-corrected chi connectivity index (χ1v) is 9.75. The highest BCUT2D eigenvalue weighted by Crippen LogP contribution is 2.29. The second-order valence-corrected chi connectivity index (χ2v) is 8.31. The molecule has 5 rings (SSSR count). The van der Waals surface area contributed by atoms with Crippen LogP contribution in [0.15, 0.2) is 18.3 Å². The van der Waals surface area contributed by atoms with Gasteiger partial charge >= 0.3 is 0 Å². The average molecular weight is 356 g/mol. The monoisotopic (exact) mass is 356 g/mol. The van der Waals surface area contributed by atoms with E-state index >= 15 is 0 Å². The lowest BCUT2D eigenvalue weighted by Gasteiger charge is -2.30. The summed E-state index contributed by atoms with van der Waals surface area (Å²) in [4.78, 5) is 31.8. The molecule has 130 valence electrons. The quantitative estimate of drug-likeness (QED) is 0.879. The lowest BCUT2D eigenvalue weighted by Crippen LogP contribution is -2.43. The van der Waals surface area contributed by atoms with Gasteiger partial charge in [-0.05, 0) is 43.2 Å². The topological polar surface area (TPSA) is 74.3 Å². The van der Waals surface area contributed by atoms with Crippen LogP contribution >= 0.6 is 11.3 Å². The van der Waals surface area contributed by atoms with Crippen LogP contribution in [0, 0.1) is 0 Å². The Morgan fingerprint density at radius 1 is 1.28 bits per heavy atom. The molecular weight excluding hydrogens is 336 g/mol. The van der Waals surface area contributed by atoms with Gasteiger partial charge < -0.3 is 15.5 Å². The van der Waals surface area contributed by atoms with E-state index in [1.54, 1.807) is 12.3 Å². The maximum absolute atomic E-state index is 12.6. The smallest absolute Gasteiger partial charge is 0.270 e. The summed E-state index contributed by atoms with van der Waals surface area (Å²) < 4.78 is 0.946. The van der Waals surface area contributed by atoms with E-state index in [4.69, 9.17) is 0 Å².